The predicted molar refractivity (Wildman–Crippen MR) is 77.3 cm³/mol. The number of halogens is 1. The van der Waals surface area contributed by atoms with Crippen LogP contribution in [-0.4, -0.2) is 24.4 Å². The first-order chi connectivity index (χ1) is 8.69. The van der Waals surface area contributed by atoms with Crippen LogP contribution in [0, 0.1) is 0 Å². The molecule has 1 aromatic rings. The van der Waals surface area contributed by atoms with E-state index >= 15 is 0 Å². The van der Waals surface area contributed by atoms with Gasteiger partial charge in [0.1, 0.15) is 5.75 Å². The number of benzene rings is 1. The normalized spacial score (nSPS) is 11.9. The lowest BCUT2D eigenvalue weighted by molar-refractivity contribution is -0.121. The molecule has 1 unspecified atom stereocenters. The smallest absolute Gasteiger partial charge is 0.220 e. The van der Waals surface area contributed by atoms with Gasteiger partial charge in [-0.15, -0.1) is 0 Å². The molecular formula is C14H20BrNO2. The van der Waals surface area contributed by atoms with Crippen molar-refractivity contribution in [2.45, 2.75) is 32.2 Å². The third-order valence-electron chi connectivity index (χ3n) is 2.84. The van der Waals surface area contributed by atoms with Gasteiger partial charge in [-0.05, 0) is 30.5 Å². The molecule has 1 aromatic carbocycles. The second-order valence-corrected chi connectivity index (χ2v) is 4.82. The summed E-state index contributed by atoms with van der Waals surface area (Å²) in [6.45, 7) is 2.07. The molecule has 0 radical (unpaired) electrons. The largest absolute Gasteiger partial charge is 0.497 e. The van der Waals surface area contributed by atoms with Crippen molar-refractivity contribution in [1.82, 2.24) is 5.32 Å². The highest BCUT2D eigenvalue weighted by Gasteiger charge is 2.08. The Morgan fingerprint density at radius 1 is 1.39 bits per heavy atom. The van der Waals surface area contributed by atoms with Gasteiger partial charge in [0.2, 0.25) is 5.91 Å². The highest BCUT2D eigenvalue weighted by Crippen LogP contribution is 2.12. The van der Waals surface area contributed by atoms with Crippen molar-refractivity contribution in [1.29, 1.82) is 0 Å². The summed E-state index contributed by atoms with van der Waals surface area (Å²) in [6.07, 6.45) is 2.23. The van der Waals surface area contributed by atoms with Gasteiger partial charge in [-0.2, -0.15) is 0 Å². The SMILES string of the molecule is CCC(CBr)NC(=O)CCc1ccc(OC)cc1. The summed E-state index contributed by atoms with van der Waals surface area (Å²) in [5.41, 5.74) is 1.15. The maximum Gasteiger partial charge on any atom is 0.220 e. The Balaban J connectivity index is 2.37. The van der Waals surface area contributed by atoms with E-state index < -0.39 is 0 Å². The number of hydrogen-bond donors (Lipinski definition) is 1. The number of hydrogen-bond acceptors (Lipinski definition) is 2. The quantitative estimate of drug-likeness (QED) is 0.786. The summed E-state index contributed by atoms with van der Waals surface area (Å²) in [4.78, 5) is 11.7. The van der Waals surface area contributed by atoms with Gasteiger partial charge in [0.15, 0.2) is 0 Å². The molecular weight excluding hydrogens is 294 g/mol. The lowest BCUT2D eigenvalue weighted by atomic mass is 10.1. The number of amides is 1. The lowest BCUT2D eigenvalue weighted by Crippen LogP contribution is -2.35. The first-order valence-electron chi connectivity index (χ1n) is 6.17. The highest BCUT2D eigenvalue weighted by atomic mass is 79.9. The first kappa shape index (κ1) is 15.0. The summed E-state index contributed by atoms with van der Waals surface area (Å²) < 4.78 is 5.09. The molecule has 0 aliphatic heterocycles. The third-order valence-corrected chi connectivity index (χ3v) is 3.63. The molecule has 100 valence electrons. The number of alkyl halides is 1. The Hall–Kier alpha value is -1.03. The molecule has 0 bridgehead atoms. The lowest BCUT2D eigenvalue weighted by Gasteiger charge is -2.13. The fourth-order valence-electron chi connectivity index (χ4n) is 1.60. The minimum atomic E-state index is 0.108. The zero-order valence-corrected chi connectivity index (χ0v) is 12.5. The maximum atomic E-state index is 11.7. The predicted octanol–water partition coefficient (Wildman–Crippen LogP) is 2.92. The average molecular weight is 314 g/mol. The van der Waals surface area contributed by atoms with Crippen molar-refractivity contribution in [3.8, 4) is 5.75 Å². The van der Waals surface area contributed by atoms with Crippen LogP contribution in [0.3, 0.4) is 0 Å². The van der Waals surface area contributed by atoms with Crippen molar-refractivity contribution in [3.05, 3.63) is 29.8 Å². The van der Waals surface area contributed by atoms with Crippen molar-refractivity contribution >= 4 is 21.8 Å². The van der Waals surface area contributed by atoms with Crippen LogP contribution in [0.1, 0.15) is 25.3 Å². The van der Waals surface area contributed by atoms with Gasteiger partial charge in [-0.25, -0.2) is 0 Å². The molecule has 0 fully saturated rings. The number of ether oxygens (including phenoxy) is 1. The number of rotatable bonds is 7. The number of carbonyl (C=O) groups excluding carboxylic acids is 1. The van der Waals surface area contributed by atoms with E-state index in [4.69, 9.17) is 4.74 Å². The monoisotopic (exact) mass is 313 g/mol. The third kappa shape index (κ3) is 5.08. The molecule has 3 nitrogen and oxygen atoms in total. The summed E-state index contributed by atoms with van der Waals surface area (Å²) in [5, 5.41) is 3.80. The van der Waals surface area contributed by atoms with Gasteiger partial charge in [-0.3, -0.25) is 4.79 Å². The molecule has 0 heterocycles. The van der Waals surface area contributed by atoms with Crippen LogP contribution >= 0.6 is 15.9 Å². The molecule has 0 aliphatic carbocycles. The van der Waals surface area contributed by atoms with E-state index in [2.05, 4.69) is 28.2 Å². The van der Waals surface area contributed by atoms with E-state index in [1.807, 2.05) is 24.3 Å². The minimum Gasteiger partial charge on any atom is -0.497 e. The Morgan fingerprint density at radius 3 is 2.56 bits per heavy atom. The molecule has 0 spiro atoms. The van der Waals surface area contributed by atoms with E-state index in [9.17, 15) is 4.79 Å². The highest BCUT2D eigenvalue weighted by molar-refractivity contribution is 9.09. The second kappa shape index (κ2) is 8.14. The summed E-state index contributed by atoms with van der Waals surface area (Å²) in [7, 11) is 1.65. The maximum absolute atomic E-state index is 11.7. The van der Waals surface area contributed by atoms with Crippen molar-refractivity contribution in [2.24, 2.45) is 0 Å². The summed E-state index contributed by atoms with van der Waals surface area (Å²) in [6, 6.07) is 8.05. The van der Waals surface area contributed by atoms with Gasteiger partial charge in [0.25, 0.3) is 0 Å². The summed E-state index contributed by atoms with van der Waals surface area (Å²) in [5.74, 6) is 0.950. The van der Waals surface area contributed by atoms with Crippen LogP contribution in [0.15, 0.2) is 24.3 Å². The van der Waals surface area contributed by atoms with Crippen LogP contribution in [0.5, 0.6) is 5.75 Å². The van der Waals surface area contributed by atoms with Crippen LogP contribution in [0.2, 0.25) is 0 Å². The number of methoxy groups -OCH3 is 1. The van der Waals surface area contributed by atoms with Crippen LogP contribution < -0.4 is 10.1 Å². The second-order valence-electron chi connectivity index (χ2n) is 4.18. The molecule has 1 N–H and O–H groups in total. The van der Waals surface area contributed by atoms with Gasteiger partial charge < -0.3 is 10.1 Å². The van der Waals surface area contributed by atoms with Gasteiger partial charge in [0.05, 0.1) is 7.11 Å². The van der Waals surface area contributed by atoms with E-state index in [-0.39, 0.29) is 11.9 Å². The molecule has 0 saturated carbocycles. The molecule has 18 heavy (non-hydrogen) atoms. The Labute approximate surface area is 117 Å². The number of nitrogens with one attached hydrogen (secondary N) is 1. The van der Waals surface area contributed by atoms with Crippen molar-refractivity contribution < 1.29 is 9.53 Å². The fraction of sp³-hybridized carbons (Fsp3) is 0.500. The van der Waals surface area contributed by atoms with Crippen LogP contribution in [0.25, 0.3) is 0 Å². The van der Waals surface area contributed by atoms with Gasteiger partial charge in [0, 0.05) is 17.8 Å². The average Bonchev–Trinajstić information content (AvgIpc) is 2.43. The molecule has 0 aliphatic rings. The van der Waals surface area contributed by atoms with E-state index in [0.29, 0.717) is 6.42 Å². The van der Waals surface area contributed by atoms with E-state index in [1.54, 1.807) is 7.11 Å². The zero-order chi connectivity index (χ0) is 13.4. The van der Waals surface area contributed by atoms with Gasteiger partial charge in [-0.1, -0.05) is 35.0 Å². The molecule has 1 amide bonds. The standard InChI is InChI=1S/C14H20BrNO2/c1-3-12(10-15)16-14(17)9-6-11-4-7-13(18-2)8-5-11/h4-5,7-8,12H,3,6,9-10H2,1-2H3,(H,16,17). The minimum absolute atomic E-state index is 0.108. The number of aryl methyl sites for hydroxylation is 1. The Kier molecular flexibility index (Phi) is 6.80. The molecule has 1 rings (SSSR count). The van der Waals surface area contributed by atoms with Crippen molar-refractivity contribution in [2.75, 3.05) is 12.4 Å². The Morgan fingerprint density at radius 2 is 2.06 bits per heavy atom. The number of carbonyl (C=O) groups is 1. The zero-order valence-electron chi connectivity index (χ0n) is 10.9. The molecule has 4 heteroatoms. The molecule has 0 saturated heterocycles. The first-order valence-corrected chi connectivity index (χ1v) is 7.30. The van der Waals surface area contributed by atoms with E-state index in [1.165, 1.54) is 0 Å². The van der Waals surface area contributed by atoms with Gasteiger partial charge >= 0.3 is 0 Å². The molecule has 1 atom stereocenters. The molecule has 0 aromatic heterocycles. The van der Waals surface area contributed by atoms with Crippen LogP contribution in [0.4, 0.5) is 0 Å². The fourth-order valence-corrected chi connectivity index (χ4v) is 2.22. The van der Waals surface area contributed by atoms with Crippen molar-refractivity contribution in [3.63, 3.8) is 0 Å². The Bertz CT molecular complexity index is 361. The summed E-state index contributed by atoms with van der Waals surface area (Å²) >= 11 is 3.39. The van der Waals surface area contributed by atoms with E-state index in [0.717, 1.165) is 29.5 Å². The topological polar surface area (TPSA) is 38.3 Å². The van der Waals surface area contributed by atoms with Crippen LogP contribution in [-0.2, 0) is 11.2 Å².